The fourth-order valence-corrected chi connectivity index (χ4v) is 5.33. The van der Waals surface area contributed by atoms with Gasteiger partial charge in [0.25, 0.3) is 5.01 Å². The van der Waals surface area contributed by atoms with Crippen molar-refractivity contribution >= 4 is 44.8 Å². The number of pyridine rings is 1. The van der Waals surface area contributed by atoms with E-state index < -0.39 is 0 Å². The third kappa shape index (κ3) is 3.41. The molecule has 0 fully saturated rings. The second-order valence-corrected chi connectivity index (χ2v) is 8.35. The van der Waals surface area contributed by atoms with Crippen molar-refractivity contribution in [3.8, 4) is 0 Å². The molecule has 0 spiro atoms. The maximum atomic E-state index is 4.63. The molecule has 0 saturated carbocycles. The highest BCUT2D eigenvalue weighted by Gasteiger charge is 2.31. The lowest BCUT2D eigenvalue weighted by molar-refractivity contribution is -0.665. The molecular formula is C26H25N4S+. The van der Waals surface area contributed by atoms with Crippen molar-refractivity contribution < 1.29 is 4.57 Å². The van der Waals surface area contributed by atoms with Crippen LogP contribution in [0.5, 0.6) is 0 Å². The standard InChI is InChI=1S/C26H25N4S/c1-3-28-20-12-5-6-13-21(20)30(24-16-9-10-19-27-24)25(28)17-11-18-26-29(4-2)22-14-7-8-15-23(22)31-26/h5-19H,3-4H2,1-2H3/q+1. The van der Waals surface area contributed by atoms with Crippen LogP contribution in [-0.2, 0) is 6.54 Å². The van der Waals surface area contributed by atoms with E-state index in [1.165, 1.54) is 20.9 Å². The first-order valence-electron chi connectivity index (χ1n) is 10.7. The van der Waals surface area contributed by atoms with E-state index in [1.807, 2.05) is 29.7 Å². The molecular weight excluding hydrogens is 400 g/mol. The van der Waals surface area contributed by atoms with Crippen molar-refractivity contribution in [2.45, 2.75) is 20.4 Å². The summed E-state index contributed by atoms with van der Waals surface area (Å²) in [5.74, 6) is 2.04. The molecule has 0 aliphatic carbocycles. The van der Waals surface area contributed by atoms with Crippen LogP contribution < -0.4 is 14.4 Å². The molecule has 2 aromatic carbocycles. The van der Waals surface area contributed by atoms with Crippen LogP contribution in [0.25, 0.3) is 16.3 Å². The van der Waals surface area contributed by atoms with Crippen molar-refractivity contribution in [2.75, 3.05) is 16.3 Å². The van der Waals surface area contributed by atoms with Crippen LogP contribution in [0.2, 0.25) is 0 Å². The first-order valence-corrected chi connectivity index (χ1v) is 11.5. The number of aryl methyl sites for hydroxylation is 1. The molecule has 4 aromatic rings. The van der Waals surface area contributed by atoms with E-state index in [1.54, 1.807) is 0 Å². The van der Waals surface area contributed by atoms with Gasteiger partial charge >= 0.3 is 0 Å². The fourth-order valence-electron chi connectivity index (χ4n) is 4.19. The number of benzene rings is 2. The summed E-state index contributed by atoms with van der Waals surface area (Å²) < 4.78 is 3.68. The molecule has 0 amide bonds. The lowest BCUT2D eigenvalue weighted by atomic mass is 10.2. The van der Waals surface area contributed by atoms with Crippen molar-refractivity contribution in [3.63, 3.8) is 0 Å². The zero-order valence-electron chi connectivity index (χ0n) is 17.8. The van der Waals surface area contributed by atoms with Gasteiger partial charge in [0, 0.05) is 24.9 Å². The lowest BCUT2D eigenvalue weighted by Gasteiger charge is -2.23. The molecule has 2 aromatic heterocycles. The predicted octanol–water partition coefficient (Wildman–Crippen LogP) is 6.14. The number of rotatable bonds is 5. The van der Waals surface area contributed by atoms with E-state index in [-0.39, 0.29) is 0 Å². The Morgan fingerprint density at radius 2 is 1.71 bits per heavy atom. The number of allylic oxidation sites excluding steroid dienone is 2. The SMILES string of the molecule is CCN1C(=CC=Cc2sc3ccccc3[n+]2CC)N(c2ccccn2)c2ccccc21. The normalized spacial score (nSPS) is 14.8. The van der Waals surface area contributed by atoms with Crippen molar-refractivity contribution in [1.82, 2.24) is 4.98 Å². The molecule has 0 bridgehead atoms. The minimum atomic E-state index is 0.887. The number of anilines is 3. The van der Waals surface area contributed by atoms with Gasteiger partial charge in [-0.2, -0.15) is 4.57 Å². The molecule has 0 radical (unpaired) electrons. The van der Waals surface area contributed by atoms with E-state index in [0.717, 1.165) is 30.4 Å². The summed E-state index contributed by atoms with van der Waals surface area (Å²) in [6.45, 7) is 6.22. The zero-order valence-corrected chi connectivity index (χ0v) is 18.6. The molecule has 4 nitrogen and oxygen atoms in total. The number of thiazole rings is 1. The average molecular weight is 426 g/mol. The van der Waals surface area contributed by atoms with Crippen molar-refractivity contribution in [3.05, 3.63) is 95.9 Å². The van der Waals surface area contributed by atoms with E-state index in [4.69, 9.17) is 0 Å². The summed E-state index contributed by atoms with van der Waals surface area (Å²) in [4.78, 5) is 9.21. The molecule has 5 heteroatoms. The molecule has 0 atom stereocenters. The molecule has 5 rings (SSSR count). The first kappa shape index (κ1) is 19.5. The van der Waals surface area contributed by atoms with Crippen molar-refractivity contribution in [2.24, 2.45) is 0 Å². The first-order chi connectivity index (χ1) is 15.3. The predicted molar refractivity (Wildman–Crippen MR) is 131 cm³/mol. The van der Waals surface area contributed by atoms with Gasteiger partial charge in [-0.25, -0.2) is 4.98 Å². The second kappa shape index (κ2) is 8.36. The van der Waals surface area contributed by atoms with Crippen LogP contribution in [0.15, 0.2) is 90.9 Å². The van der Waals surface area contributed by atoms with Crippen LogP contribution in [0.4, 0.5) is 17.2 Å². The highest BCUT2D eigenvalue weighted by Crippen LogP contribution is 2.45. The molecule has 31 heavy (non-hydrogen) atoms. The van der Waals surface area contributed by atoms with Crippen LogP contribution in [0.1, 0.15) is 18.9 Å². The Bertz CT molecular complexity index is 1270. The Balaban J connectivity index is 1.58. The average Bonchev–Trinajstić information content (AvgIpc) is 3.34. The van der Waals surface area contributed by atoms with Crippen molar-refractivity contribution in [1.29, 1.82) is 0 Å². The van der Waals surface area contributed by atoms with Gasteiger partial charge < -0.3 is 4.90 Å². The lowest BCUT2D eigenvalue weighted by Crippen LogP contribution is -2.33. The van der Waals surface area contributed by atoms with E-state index in [0.29, 0.717) is 0 Å². The molecule has 0 N–H and O–H groups in total. The maximum absolute atomic E-state index is 4.63. The largest absolute Gasteiger partial charge is 0.326 e. The second-order valence-electron chi connectivity index (χ2n) is 7.29. The Morgan fingerprint density at radius 3 is 2.48 bits per heavy atom. The highest BCUT2D eigenvalue weighted by molar-refractivity contribution is 7.18. The minimum Gasteiger partial charge on any atom is -0.326 e. The number of para-hydroxylation sites is 3. The number of hydrogen-bond acceptors (Lipinski definition) is 4. The Hall–Kier alpha value is -3.44. The van der Waals surface area contributed by atoms with Gasteiger partial charge in [-0.1, -0.05) is 47.7 Å². The van der Waals surface area contributed by atoms with Gasteiger partial charge in [-0.3, -0.25) is 4.90 Å². The Morgan fingerprint density at radius 1 is 0.935 bits per heavy atom. The number of hydrogen-bond donors (Lipinski definition) is 0. The number of nitrogens with zero attached hydrogens (tertiary/aromatic N) is 4. The van der Waals surface area contributed by atoms with Gasteiger partial charge in [0.1, 0.15) is 22.9 Å². The molecule has 1 aliphatic heterocycles. The van der Waals surface area contributed by atoms with Gasteiger partial charge in [0.2, 0.25) is 5.52 Å². The van der Waals surface area contributed by atoms with Gasteiger partial charge in [0.15, 0.2) is 0 Å². The van der Waals surface area contributed by atoms with E-state index in [2.05, 4.69) is 106 Å². The van der Waals surface area contributed by atoms with Gasteiger partial charge in [0.05, 0.1) is 11.4 Å². The summed E-state index contributed by atoms with van der Waals surface area (Å²) >= 11 is 1.83. The molecule has 0 saturated heterocycles. The minimum absolute atomic E-state index is 0.887. The highest BCUT2D eigenvalue weighted by atomic mass is 32.1. The summed E-state index contributed by atoms with van der Waals surface area (Å²) in [5, 5.41) is 1.25. The summed E-state index contributed by atoms with van der Waals surface area (Å²) in [7, 11) is 0. The van der Waals surface area contributed by atoms with Crippen LogP contribution >= 0.6 is 11.3 Å². The summed E-state index contributed by atoms with van der Waals surface area (Å²) in [6, 6.07) is 23.2. The van der Waals surface area contributed by atoms with Gasteiger partial charge in [-0.15, -0.1) is 0 Å². The topological polar surface area (TPSA) is 23.2 Å². The quantitative estimate of drug-likeness (QED) is 0.359. The third-order valence-electron chi connectivity index (χ3n) is 5.55. The van der Waals surface area contributed by atoms with Crippen LogP contribution in [0.3, 0.4) is 0 Å². The zero-order chi connectivity index (χ0) is 21.2. The van der Waals surface area contributed by atoms with E-state index >= 15 is 0 Å². The van der Waals surface area contributed by atoms with Crippen LogP contribution in [0, 0.1) is 0 Å². The third-order valence-corrected chi connectivity index (χ3v) is 6.68. The van der Waals surface area contributed by atoms with Crippen LogP contribution in [-0.4, -0.2) is 11.5 Å². The monoisotopic (exact) mass is 425 g/mol. The molecule has 0 unspecified atom stereocenters. The Kier molecular flexibility index (Phi) is 5.26. The smallest absolute Gasteiger partial charge is 0.262 e. The Labute approximate surface area is 187 Å². The molecule has 1 aliphatic rings. The summed E-state index contributed by atoms with van der Waals surface area (Å²) in [6.07, 6.45) is 8.43. The van der Waals surface area contributed by atoms with Gasteiger partial charge in [-0.05, 0) is 50.3 Å². The number of aromatic nitrogens is 2. The fraction of sp³-hybridized carbons (Fsp3) is 0.154. The molecule has 3 heterocycles. The van der Waals surface area contributed by atoms with E-state index in [9.17, 15) is 0 Å². The maximum Gasteiger partial charge on any atom is 0.262 e. The molecule has 154 valence electrons. The summed E-state index contributed by atoms with van der Waals surface area (Å²) in [5.41, 5.74) is 3.66. The number of fused-ring (bicyclic) bond motifs is 2.